The lowest BCUT2D eigenvalue weighted by atomic mass is 10.1. The molecule has 0 atom stereocenters. The smallest absolute Gasteiger partial charge is 0.267 e. The summed E-state index contributed by atoms with van der Waals surface area (Å²) in [6, 6.07) is 16.3. The van der Waals surface area contributed by atoms with Crippen molar-refractivity contribution in [2.75, 3.05) is 0 Å². The minimum Gasteiger partial charge on any atom is -0.267 e. The highest BCUT2D eigenvalue weighted by atomic mass is 35.5. The quantitative estimate of drug-likeness (QED) is 0.674. The molecule has 1 amide bonds. The number of benzene rings is 2. The molecular formula is C15H13ClN2O. The van der Waals surface area contributed by atoms with Gasteiger partial charge in [0, 0.05) is 16.1 Å². The first kappa shape index (κ1) is 13.3. The number of hydrogen-bond donors (Lipinski definition) is 1. The maximum absolute atomic E-state index is 11.8. The van der Waals surface area contributed by atoms with E-state index < -0.39 is 0 Å². The summed E-state index contributed by atoms with van der Waals surface area (Å²) in [7, 11) is 0. The first-order valence-corrected chi connectivity index (χ1v) is 6.21. The summed E-state index contributed by atoms with van der Waals surface area (Å²) in [5.41, 5.74) is 4.55. The number of carbonyl (C=O) groups excluding carboxylic acids is 1. The van der Waals surface area contributed by atoms with Crippen LogP contribution in [0.4, 0.5) is 0 Å². The van der Waals surface area contributed by atoms with E-state index in [1.54, 1.807) is 37.3 Å². The van der Waals surface area contributed by atoms with Crippen LogP contribution in [0.1, 0.15) is 22.8 Å². The minimum atomic E-state index is -0.244. The lowest BCUT2D eigenvalue weighted by molar-refractivity contribution is 0.0955. The summed E-state index contributed by atoms with van der Waals surface area (Å²) in [6.07, 6.45) is 0. The van der Waals surface area contributed by atoms with Gasteiger partial charge >= 0.3 is 0 Å². The molecule has 2 aromatic carbocycles. The molecule has 2 aromatic rings. The van der Waals surface area contributed by atoms with Crippen LogP contribution in [0.15, 0.2) is 59.7 Å². The van der Waals surface area contributed by atoms with E-state index in [0.29, 0.717) is 16.3 Å². The molecule has 0 saturated carbocycles. The van der Waals surface area contributed by atoms with Crippen molar-refractivity contribution < 1.29 is 4.79 Å². The van der Waals surface area contributed by atoms with Crippen molar-refractivity contribution in [3.63, 3.8) is 0 Å². The van der Waals surface area contributed by atoms with Crippen LogP contribution in [-0.2, 0) is 0 Å². The Kier molecular flexibility index (Phi) is 4.31. The molecule has 96 valence electrons. The Hall–Kier alpha value is -2.13. The zero-order chi connectivity index (χ0) is 13.7. The maximum Gasteiger partial charge on any atom is 0.271 e. The topological polar surface area (TPSA) is 41.5 Å². The van der Waals surface area contributed by atoms with Crippen molar-refractivity contribution in [1.29, 1.82) is 0 Å². The lowest BCUT2D eigenvalue weighted by Crippen LogP contribution is -2.19. The van der Waals surface area contributed by atoms with Crippen molar-refractivity contribution in [2.45, 2.75) is 6.92 Å². The number of nitrogens with one attached hydrogen (secondary N) is 1. The van der Waals surface area contributed by atoms with E-state index in [0.717, 1.165) is 5.56 Å². The summed E-state index contributed by atoms with van der Waals surface area (Å²) >= 11 is 6.06. The summed E-state index contributed by atoms with van der Waals surface area (Å²) in [4.78, 5) is 11.8. The second kappa shape index (κ2) is 6.16. The number of hydrazone groups is 1. The van der Waals surface area contributed by atoms with Crippen LogP contribution in [-0.4, -0.2) is 11.6 Å². The fourth-order valence-electron chi connectivity index (χ4n) is 1.60. The van der Waals surface area contributed by atoms with Gasteiger partial charge < -0.3 is 0 Å². The second-order valence-corrected chi connectivity index (χ2v) is 4.39. The van der Waals surface area contributed by atoms with E-state index in [2.05, 4.69) is 10.5 Å². The molecule has 2 rings (SSSR count). The monoisotopic (exact) mass is 272 g/mol. The predicted molar refractivity (Wildman–Crippen MR) is 77.6 cm³/mol. The van der Waals surface area contributed by atoms with Crippen LogP contribution >= 0.6 is 11.6 Å². The van der Waals surface area contributed by atoms with Gasteiger partial charge in [0.1, 0.15) is 0 Å². The molecule has 0 aliphatic carbocycles. The largest absolute Gasteiger partial charge is 0.271 e. The van der Waals surface area contributed by atoms with Crippen molar-refractivity contribution in [1.82, 2.24) is 5.43 Å². The van der Waals surface area contributed by atoms with Gasteiger partial charge in [-0.25, -0.2) is 5.43 Å². The van der Waals surface area contributed by atoms with Crippen LogP contribution in [0.25, 0.3) is 0 Å². The zero-order valence-corrected chi connectivity index (χ0v) is 11.2. The van der Waals surface area contributed by atoms with Crippen molar-refractivity contribution in [3.05, 3.63) is 70.7 Å². The van der Waals surface area contributed by atoms with Crippen LogP contribution in [0, 0.1) is 0 Å². The van der Waals surface area contributed by atoms with Crippen molar-refractivity contribution >= 4 is 23.2 Å². The third-order valence-corrected chi connectivity index (χ3v) is 2.95. The highest BCUT2D eigenvalue weighted by Gasteiger charge is 2.05. The van der Waals surface area contributed by atoms with Gasteiger partial charge in [0.05, 0.1) is 5.71 Å². The second-order valence-electron chi connectivity index (χ2n) is 3.98. The lowest BCUT2D eigenvalue weighted by Gasteiger charge is -2.04. The molecule has 0 aromatic heterocycles. The summed E-state index contributed by atoms with van der Waals surface area (Å²) < 4.78 is 0. The minimum absolute atomic E-state index is 0.244. The fraction of sp³-hybridized carbons (Fsp3) is 0.0667. The molecule has 0 saturated heterocycles. The molecule has 0 heterocycles. The molecule has 19 heavy (non-hydrogen) atoms. The molecule has 0 radical (unpaired) electrons. The van der Waals surface area contributed by atoms with Gasteiger partial charge in [-0.2, -0.15) is 5.10 Å². The first-order valence-electron chi connectivity index (χ1n) is 5.83. The van der Waals surface area contributed by atoms with Gasteiger partial charge in [0.15, 0.2) is 0 Å². The van der Waals surface area contributed by atoms with Crippen molar-refractivity contribution in [2.24, 2.45) is 5.10 Å². The third-order valence-electron chi connectivity index (χ3n) is 2.62. The van der Waals surface area contributed by atoms with Crippen LogP contribution in [0.5, 0.6) is 0 Å². The number of nitrogens with zero attached hydrogens (tertiary/aromatic N) is 1. The SMILES string of the molecule is C/C(=N\NC(=O)c1ccccc1)c1ccccc1Cl. The van der Waals surface area contributed by atoms with E-state index in [1.807, 2.05) is 24.3 Å². The van der Waals surface area contributed by atoms with Gasteiger partial charge in [-0.05, 0) is 25.1 Å². The van der Waals surface area contributed by atoms with E-state index >= 15 is 0 Å². The van der Waals surface area contributed by atoms with Crippen LogP contribution < -0.4 is 5.43 Å². The molecule has 0 bridgehead atoms. The van der Waals surface area contributed by atoms with Crippen molar-refractivity contribution in [3.8, 4) is 0 Å². The Labute approximate surface area is 116 Å². The van der Waals surface area contributed by atoms with Crippen LogP contribution in [0.3, 0.4) is 0 Å². The Morgan fingerprint density at radius 3 is 2.37 bits per heavy atom. The average molecular weight is 273 g/mol. The number of hydrogen-bond acceptors (Lipinski definition) is 2. The number of rotatable bonds is 3. The van der Waals surface area contributed by atoms with Gasteiger partial charge in [-0.3, -0.25) is 4.79 Å². The molecule has 0 fully saturated rings. The van der Waals surface area contributed by atoms with Crippen LogP contribution in [0.2, 0.25) is 5.02 Å². The van der Waals surface area contributed by atoms with Gasteiger partial charge in [-0.1, -0.05) is 48.0 Å². The highest BCUT2D eigenvalue weighted by Crippen LogP contribution is 2.15. The number of amides is 1. The Morgan fingerprint density at radius 2 is 1.68 bits per heavy atom. The average Bonchev–Trinajstić information content (AvgIpc) is 2.46. The van der Waals surface area contributed by atoms with E-state index in [-0.39, 0.29) is 5.91 Å². The molecular weight excluding hydrogens is 260 g/mol. The first-order chi connectivity index (χ1) is 9.18. The summed E-state index contributed by atoms with van der Waals surface area (Å²) in [5.74, 6) is -0.244. The molecule has 4 heteroatoms. The van der Waals surface area contributed by atoms with E-state index in [4.69, 9.17) is 11.6 Å². The molecule has 3 nitrogen and oxygen atoms in total. The standard InChI is InChI=1S/C15H13ClN2O/c1-11(13-9-5-6-10-14(13)16)17-18-15(19)12-7-3-2-4-8-12/h2-10H,1H3,(H,18,19)/b17-11+. The van der Waals surface area contributed by atoms with Gasteiger partial charge in [-0.15, -0.1) is 0 Å². The molecule has 1 N–H and O–H groups in total. The molecule has 0 aliphatic heterocycles. The van der Waals surface area contributed by atoms with Gasteiger partial charge in [0.2, 0.25) is 0 Å². The summed E-state index contributed by atoms with van der Waals surface area (Å²) in [6.45, 7) is 1.80. The molecule has 0 spiro atoms. The molecule has 0 aliphatic rings. The van der Waals surface area contributed by atoms with E-state index in [9.17, 15) is 4.79 Å². The normalized spacial score (nSPS) is 11.2. The van der Waals surface area contributed by atoms with E-state index in [1.165, 1.54) is 0 Å². The number of carbonyl (C=O) groups is 1. The Bertz CT molecular complexity index is 609. The Morgan fingerprint density at radius 1 is 1.05 bits per heavy atom. The summed E-state index contributed by atoms with van der Waals surface area (Å²) in [5, 5.41) is 4.67. The highest BCUT2D eigenvalue weighted by molar-refractivity contribution is 6.34. The maximum atomic E-state index is 11.8. The number of halogens is 1. The predicted octanol–water partition coefficient (Wildman–Crippen LogP) is 3.49. The van der Waals surface area contributed by atoms with Gasteiger partial charge in [0.25, 0.3) is 5.91 Å². The fourth-order valence-corrected chi connectivity index (χ4v) is 1.88. The zero-order valence-electron chi connectivity index (χ0n) is 10.4. The molecule has 0 unspecified atom stereocenters. The Balaban J connectivity index is 2.11. The third kappa shape index (κ3) is 3.42.